The zero-order chi connectivity index (χ0) is 11.7. The average molecular weight is 229 g/mol. The molecule has 5 nitrogen and oxygen atoms in total. The van der Waals surface area contributed by atoms with Gasteiger partial charge in [-0.1, -0.05) is 18.2 Å². The molecule has 88 valence electrons. The number of nitrogens with zero attached hydrogens (tertiary/aromatic N) is 4. The van der Waals surface area contributed by atoms with Gasteiger partial charge in [-0.3, -0.25) is 0 Å². The van der Waals surface area contributed by atoms with E-state index in [0.29, 0.717) is 0 Å². The maximum absolute atomic E-state index is 4.22. The van der Waals surface area contributed by atoms with Crippen LogP contribution in [0.25, 0.3) is 0 Å². The van der Waals surface area contributed by atoms with Crippen molar-refractivity contribution in [1.29, 1.82) is 0 Å². The monoisotopic (exact) mass is 229 g/mol. The van der Waals surface area contributed by atoms with Gasteiger partial charge >= 0.3 is 0 Å². The number of aromatic nitrogens is 4. The first kappa shape index (κ1) is 10.3. The largest absolute Gasteiger partial charge is 0.385 e. The molecule has 0 unspecified atom stereocenters. The average Bonchev–Trinajstić information content (AvgIpc) is 2.75. The van der Waals surface area contributed by atoms with Crippen LogP contribution in [0.1, 0.15) is 23.4 Å². The summed E-state index contributed by atoms with van der Waals surface area (Å²) in [5.74, 6) is 0.772. The van der Waals surface area contributed by atoms with E-state index >= 15 is 0 Å². The molecule has 0 amide bonds. The van der Waals surface area contributed by atoms with Gasteiger partial charge < -0.3 is 5.32 Å². The number of nitrogens with one attached hydrogen (secondary N) is 1. The van der Waals surface area contributed by atoms with Crippen LogP contribution in [0.3, 0.4) is 0 Å². The summed E-state index contributed by atoms with van der Waals surface area (Å²) in [6.07, 6.45) is 3.11. The van der Waals surface area contributed by atoms with Crippen molar-refractivity contribution >= 4 is 5.69 Å². The third-order valence-corrected chi connectivity index (χ3v) is 3.06. The molecule has 0 fully saturated rings. The van der Waals surface area contributed by atoms with Crippen molar-refractivity contribution in [2.75, 3.05) is 11.9 Å². The Morgan fingerprint density at radius 3 is 3.18 bits per heavy atom. The summed E-state index contributed by atoms with van der Waals surface area (Å²) in [6.45, 7) is 1.05. The number of hydrogen-bond acceptors (Lipinski definition) is 4. The van der Waals surface area contributed by atoms with Gasteiger partial charge in [-0.2, -0.15) is 4.80 Å². The molecule has 5 heteroatoms. The van der Waals surface area contributed by atoms with Crippen LogP contribution in [0, 0.1) is 0 Å². The minimum Gasteiger partial charge on any atom is -0.385 e. The Bertz CT molecular complexity index is 531. The fourth-order valence-electron chi connectivity index (χ4n) is 2.29. The summed E-state index contributed by atoms with van der Waals surface area (Å²) in [4.78, 5) is 1.50. The first-order valence-electron chi connectivity index (χ1n) is 5.90. The molecule has 1 aromatic heterocycles. The van der Waals surface area contributed by atoms with Crippen molar-refractivity contribution in [3.05, 3.63) is 35.2 Å². The minimum atomic E-state index is 0.740. The van der Waals surface area contributed by atoms with Gasteiger partial charge in [-0.05, 0) is 29.2 Å². The van der Waals surface area contributed by atoms with Gasteiger partial charge in [-0.15, -0.1) is 10.2 Å². The fraction of sp³-hybridized carbons (Fsp3) is 0.417. The fourth-order valence-corrected chi connectivity index (χ4v) is 2.29. The molecule has 3 rings (SSSR count). The molecule has 0 saturated heterocycles. The van der Waals surface area contributed by atoms with Crippen LogP contribution in [0.5, 0.6) is 0 Å². The molecule has 2 heterocycles. The molecule has 0 atom stereocenters. The highest BCUT2D eigenvalue weighted by Gasteiger charge is 2.13. The van der Waals surface area contributed by atoms with E-state index in [1.54, 1.807) is 7.05 Å². The van der Waals surface area contributed by atoms with Crippen molar-refractivity contribution < 1.29 is 0 Å². The van der Waals surface area contributed by atoms with Crippen LogP contribution in [-0.2, 0) is 19.9 Å². The topological polar surface area (TPSA) is 55.6 Å². The molecule has 0 bridgehead atoms. The van der Waals surface area contributed by atoms with Gasteiger partial charge in [0.2, 0.25) is 0 Å². The molecule has 0 spiro atoms. The van der Waals surface area contributed by atoms with E-state index in [4.69, 9.17) is 0 Å². The third kappa shape index (κ3) is 2.00. The predicted molar refractivity (Wildman–Crippen MR) is 64.9 cm³/mol. The Hall–Kier alpha value is -1.91. The standard InChI is InChI=1S/C12H15N5/c1-17-15-11(14-16-17)8-10-5-2-4-9-6-3-7-13-12(9)10/h2,4-5,13H,3,6-8H2,1H3. The molecular weight excluding hydrogens is 214 g/mol. The lowest BCUT2D eigenvalue weighted by Crippen LogP contribution is -2.14. The van der Waals surface area contributed by atoms with Crippen LogP contribution < -0.4 is 5.32 Å². The quantitative estimate of drug-likeness (QED) is 0.839. The summed E-state index contributed by atoms with van der Waals surface area (Å²) in [6, 6.07) is 6.43. The predicted octanol–water partition coefficient (Wildman–Crippen LogP) is 1.16. The van der Waals surface area contributed by atoms with Crippen LogP contribution in [0.4, 0.5) is 5.69 Å². The third-order valence-electron chi connectivity index (χ3n) is 3.06. The zero-order valence-corrected chi connectivity index (χ0v) is 9.85. The normalized spacial score (nSPS) is 14.2. The number of aryl methyl sites for hydroxylation is 2. The summed E-state index contributed by atoms with van der Waals surface area (Å²) in [5.41, 5.74) is 3.93. The summed E-state index contributed by atoms with van der Waals surface area (Å²) < 4.78 is 0. The van der Waals surface area contributed by atoms with E-state index in [9.17, 15) is 0 Å². The lowest BCUT2D eigenvalue weighted by molar-refractivity contribution is 0.628. The molecule has 0 aliphatic carbocycles. The Balaban J connectivity index is 1.92. The lowest BCUT2D eigenvalue weighted by Gasteiger charge is -2.20. The van der Waals surface area contributed by atoms with Crippen molar-refractivity contribution in [3.63, 3.8) is 0 Å². The van der Waals surface area contributed by atoms with E-state index in [1.165, 1.54) is 28.0 Å². The molecule has 17 heavy (non-hydrogen) atoms. The number of hydrogen-bond donors (Lipinski definition) is 1. The van der Waals surface area contributed by atoms with Gasteiger partial charge in [0.05, 0.1) is 7.05 Å². The molecular formula is C12H15N5. The number of para-hydroxylation sites is 1. The number of fused-ring (bicyclic) bond motifs is 1. The van der Waals surface area contributed by atoms with Gasteiger partial charge in [0.25, 0.3) is 0 Å². The second-order valence-electron chi connectivity index (χ2n) is 4.35. The van der Waals surface area contributed by atoms with Gasteiger partial charge in [0.15, 0.2) is 5.82 Å². The maximum Gasteiger partial charge on any atom is 0.179 e. The van der Waals surface area contributed by atoms with Gasteiger partial charge in [0, 0.05) is 18.7 Å². The number of benzene rings is 1. The molecule has 0 saturated carbocycles. The zero-order valence-electron chi connectivity index (χ0n) is 9.85. The molecule has 1 aliphatic rings. The van der Waals surface area contributed by atoms with Crippen LogP contribution in [0.15, 0.2) is 18.2 Å². The van der Waals surface area contributed by atoms with Gasteiger partial charge in [0.1, 0.15) is 0 Å². The Morgan fingerprint density at radius 1 is 1.41 bits per heavy atom. The van der Waals surface area contributed by atoms with E-state index in [2.05, 4.69) is 38.9 Å². The highest BCUT2D eigenvalue weighted by Crippen LogP contribution is 2.27. The highest BCUT2D eigenvalue weighted by molar-refractivity contribution is 5.59. The smallest absolute Gasteiger partial charge is 0.179 e. The molecule has 1 aliphatic heterocycles. The molecule has 0 radical (unpaired) electrons. The summed E-state index contributed by atoms with van der Waals surface area (Å²) in [5, 5.41) is 15.6. The second kappa shape index (κ2) is 4.16. The first-order valence-corrected chi connectivity index (χ1v) is 5.90. The number of anilines is 1. The lowest BCUT2D eigenvalue weighted by atomic mass is 9.98. The van der Waals surface area contributed by atoms with Gasteiger partial charge in [-0.25, -0.2) is 0 Å². The van der Waals surface area contributed by atoms with Crippen LogP contribution in [-0.4, -0.2) is 26.8 Å². The number of rotatable bonds is 2. The van der Waals surface area contributed by atoms with Crippen molar-refractivity contribution in [2.24, 2.45) is 7.05 Å². The van der Waals surface area contributed by atoms with E-state index in [1.807, 2.05) is 0 Å². The number of tetrazole rings is 1. The molecule has 1 N–H and O–H groups in total. The van der Waals surface area contributed by atoms with Crippen LogP contribution in [0.2, 0.25) is 0 Å². The minimum absolute atomic E-state index is 0.740. The van der Waals surface area contributed by atoms with Crippen molar-refractivity contribution in [3.8, 4) is 0 Å². The maximum atomic E-state index is 4.22. The second-order valence-corrected chi connectivity index (χ2v) is 4.35. The van der Waals surface area contributed by atoms with E-state index in [0.717, 1.165) is 25.2 Å². The van der Waals surface area contributed by atoms with Crippen molar-refractivity contribution in [1.82, 2.24) is 20.2 Å². The van der Waals surface area contributed by atoms with Crippen LogP contribution >= 0.6 is 0 Å². The summed E-state index contributed by atoms with van der Waals surface area (Å²) >= 11 is 0. The highest BCUT2D eigenvalue weighted by atomic mass is 15.6. The molecule has 1 aromatic carbocycles. The SMILES string of the molecule is Cn1nnc(Cc2cccc3c2NCCC3)n1. The summed E-state index contributed by atoms with van der Waals surface area (Å²) in [7, 11) is 1.79. The Kier molecular flexibility index (Phi) is 2.51. The first-order chi connectivity index (χ1) is 8.33. The van der Waals surface area contributed by atoms with Crippen molar-refractivity contribution in [2.45, 2.75) is 19.3 Å². The molecule has 2 aromatic rings. The Labute approximate surface area is 99.8 Å². The Morgan fingerprint density at radius 2 is 2.35 bits per heavy atom. The van der Waals surface area contributed by atoms with E-state index in [-0.39, 0.29) is 0 Å². The van der Waals surface area contributed by atoms with E-state index < -0.39 is 0 Å².